The van der Waals surface area contributed by atoms with E-state index in [4.69, 9.17) is 11.3 Å². The predicted octanol–water partition coefficient (Wildman–Crippen LogP) is -0.775. The molecular formula is C2H10B2N2. The zero-order valence-corrected chi connectivity index (χ0v) is 4.31. The average Bonchev–Trinajstić information content (AvgIpc) is 1.36. The molecule has 0 saturated heterocycles. The molecule has 0 radical (unpaired) electrons. The number of nitrogens with two attached hydrogens (primary N) is 2. The summed E-state index contributed by atoms with van der Waals surface area (Å²) in [5.74, 6) is 0. The maximum absolute atomic E-state index is 5.31. The van der Waals surface area contributed by atoms with E-state index in [1.54, 1.807) is 0 Å². The molecule has 0 amide bonds. The van der Waals surface area contributed by atoms with E-state index >= 15 is 0 Å². The summed E-state index contributed by atoms with van der Waals surface area (Å²) in [6.45, 7) is 4.05. The van der Waals surface area contributed by atoms with Crippen LogP contribution in [0.1, 0.15) is 0 Å². The summed E-state index contributed by atoms with van der Waals surface area (Å²) in [6.07, 6.45) is 0. The molecule has 0 rings (SSSR count). The van der Waals surface area contributed by atoms with Gasteiger partial charge in [0.1, 0.15) is 0 Å². The first kappa shape index (κ1) is 6.05. The first-order valence-electron chi connectivity index (χ1n) is 2.15. The summed E-state index contributed by atoms with van der Waals surface area (Å²) in [4.78, 5) is 0. The van der Waals surface area contributed by atoms with Gasteiger partial charge in [-0.15, -0.1) is 0 Å². The van der Waals surface area contributed by atoms with Gasteiger partial charge in [0.15, 0.2) is 13.5 Å². The summed E-state index contributed by atoms with van der Waals surface area (Å²) >= 11 is 0. The fourth-order valence-corrected chi connectivity index (χ4v) is 0. The van der Waals surface area contributed by atoms with Crippen molar-refractivity contribution in [1.29, 1.82) is 0 Å². The molecule has 4 N–H and O–H groups in total. The van der Waals surface area contributed by atoms with Gasteiger partial charge in [0.25, 0.3) is 0 Å². The Labute approximate surface area is 39.5 Å². The number of hydrogen-bond donors (Lipinski definition) is 2. The molecule has 0 atom stereocenters. The molecule has 0 aromatic heterocycles. The Morgan fingerprint density at radius 2 is 1.17 bits per heavy atom. The smallest absolute Gasteiger partial charge is 0.198 e. The molecule has 0 bridgehead atoms. The number of hydrogen-bond acceptors (Lipinski definition) is 2. The van der Waals surface area contributed by atoms with E-state index in [1.807, 2.05) is 13.6 Å². The van der Waals surface area contributed by atoms with Crippen molar-refractivity contribution in [1.82, 2.24) is 0 Å². The Hall–Kier alpha value is 0.0499. The monoisotopic (exact) mass is 84.1 g/mol. The third-order valence-corrected chi connectivity index (χ3v) is 0.829. The van der Waals surface area contributed by atoms with Crippen LogP contribution in [0, 0.1) is 0 Å². The second-order valence-corrected chi connectivity index (χ2v) is 1.72. The maximum Gasteiger partial charge on any atom is 0.198 e. The van der Waals surface area contributed by atoms with E-state index in [0.29, 0.717) is 0 Å². The van der Waals surface area contributed by atoms with Crippen molar-refractivity contribution in [2.45, 2.75) is 13.6 Å². The summed E-state index contributed by atoms with van der Waals surface area (Å²) in [5, 5.41) is 0. The molecule has 0 unspecified atom stereocenters. The highest BCUT2D eigenvalue weighted by atomic mass is 14.5. The Morgan fingerprint density at radius 1 is 1.00 bits per heavy atom. The first-order chi connectivity index (χ1) is 2.64. The Bertz CT molecular complexity index is 30.5. The third-order valence-electron chi connectivity index (χ3n) is 0.829. The standard InChI is InChI=1S/C2H10B2N2/c1-3(5)4(2)6/h5-6H2,1-2H3. The molecule has 0 aromatic carbocycles. The van der Waals surface area contributed by atoms with E-state index in [0.717, 1.165) is 0 Å². The lowest BCUT2D eigenvalue weighted by atomic mass is 9.24. The first-order valence-corrected chi connectivity index (χ1v) is 2.15. The zero-order chi connectivity index (χ0) is 5.15. The van der Waals surface area contributed by atoms with Gasteiger partial charge in [-0.3, -0.25) is 0 Å². The van der Waals surface area contributed by atoms with Gasteiger partial charge in [0, 0.05) is 0 Å². The molecule has 0 saturated carbocycles. The van der Waals surface area contributed by atoms with E-state index in [-0.39, 0.29) is 13.5 Å². The van der Waals surface area contributed by atoms with E-state index in [9.17, 15) is 0 Å². The molecule has 0 spiro atoms. The van der Waals surface area contributed by atoms with Crippen molar-refractivity contribution >= 4 is 13.5 Å². The van der Waals surface area contributed by atoms with Gasteiger partial charge in [-0.25, -0.2) is 0 Å². The van der Waals surface area contributed by atoms with Gasteiger partial charge in [-0.1, -0.05) is 13.6 Å². The van der Waals surface area contributed by atoms with Crippen molar-refractivity contribution in [3.8, 4) is 0 Å². The van der Waals surface area contributed by atoms with Crippen LogP contribution in [0.4, 0.5) is 0 Å². The molecule has 0 aliphatic rings. The minimum atomic E-state index is 0.130. The minimum Gasteiger partial charge on any atom is -0.375 e. The van der Waals surface area contributed by atoms with Crippen molar-refractivity contribution in [3.05, 3.63) is 0 Å². The van der Waals surface area contributed by atoms with Gasteiger partial charge in [0.2, 0.25) is 0 Å². The third kappa shape index (κ3) is 2.30. The molecule has 0 fully saturated rings. The van der Waals surface area contributed by atoms with Crippen molar-refractivity contribution in [3.63, 3.8) is 0 Å². The normalized spacial score (nSPS) is 8.00. The molecule has 0 aromatic rings. The zero-order valence-electron chi connectivity index (χ0n) is 4.31. The topological polar surface area (TPSA) is 52.0 Å². The molecular weight excluding hydrogens is 73.7 g/mol. The molecule has 0 aliphatic carbocycles. The van der Waals surface area contributed by atoms with Crippen molar-refractivity contribution in [2.75, 3.05) is 0 Å². The Balaban J connectivity index is 2.99. The van der Waals surface area contributed by atoms with Gasteiger partial charge < -0.3 is 11.3 Å². The van der Waals surface area contributed by atoms with Crippen LogP contribution < -0.4 is 11.3 Å². The fourth-order valence-electron chi connectivity index (χ4n) is 0. The van der Waals surface area contributed by atoms with Crippen LogP contribution in [-0.2, 0) is 0 Å². The summed E-state index contributed by atoms with van der Waals surface area (Å²) < 4.78 is 0. The second kappa shape index (κ2) is 2.26. The van der Waals surface area contributed by atoms with Gasteiger partial charge in [-0.05, 0) is 0 Å². The number of rotatable bonds is 1. The average molecular weight is 83.7 g/mol. The van der Waals surface area contributed by atoms with Crippen LogP contribution in [0.15, 0.2) is 0 Å². The summed E-state index contributed by atoms with van der Waals surface area (Å²) in [7, 11) is 0. The minimum absolute atomic E-state index is 0.130. The summed E-state index contributed by atoms with van der Waals surface area (Å²) in [5.41, 5.74) is 10.6. The molecule has 34 valence electrons. The van der Waals surface area contributed by atoms with E-state index < -0.39 is 0 Å². The summed E-state index contributed by atoms with van der Waals surface area (Å²) in [6, 6.07) is 0. The highest BCUT2D eigenvalue weighted by molar-refractivity contribution is 7.18. The SMILES string of the molecule is CB(N)B(C)N. The molecule has 2 nitrogen and oxygen atoms in total. The molecule has 4 heteroatoms. The van der Waals surface area contributed by atoms with E-state index in [1.165, 1.54) is 0 Å². The lowest BCUT2D eigenvalue weighted by molar-refractivity contribution is 1.75. The predicted molar refractivity (Wildman–Crippen MR) is 31.6 cm³/mol. The highest BCUT2D eigenvalue weighted by Crippen LogP contribution is 1.68. The van der Waals surface area contributed by atoms with E-state index in [2.05, 4.69) is 0 Å². The van der Waals surface area contributed by atoms with Crippen LogP contribution in [0.2, 0.25) is 13.6 Å². The largest absolute Gasteiger partial charge is 0.375 e. The lowest BCUT2D eigenvalue weighted by Gasteiger charge is -1.96. The molecule has 0 heterocycles. The van der Waals surface area contributed by atoms with Crippen molar-refractivity contribution in [2.24, 2.45) is 11.3 Å². The Morgan fingerprint density at radius 3 is 1.17 bits per heavy atom. The molecule has 0 aliphatic heterocycles. The van der Waals surface area contributed by atoms with Crippen molar-refractivity contribution < 1.29 is 0 Å². The van der Waals surface area contributed by atoms with Crippen LogP contribution >= 0.6 is 0 Å². The highest BCUT2D eigenvalue weighted by Gasteiger charge is 2.07. The quantitative estimate of drug-likeness (QED) is 0.409. The van der Waals surface area contributed by atoms with Crippen LogP contribution in [0.3, 0.4) is 0 Å². The van der Waals surface area contributed by atoms with Crippen LogP contribution in [-0.4, -0.2) is 13.5 Å². The van der Waals surface area contributed by atoms with Gasteiger partial charge in [-0.2, -0.15) is 0 Å². The molecule has 6 heavy (non-hydrogen) atoms. The fraction of sp³-hybridized carbons (Fsp3) is 1.00. The van der Waals surface area contributed by atoms with Crippen LogP contribution in [0.5, 0.6) is 0 Å². The van der Waals surface area contributed by atoms with Gasteiger partial charge in [0.05, 0.1) is 0 Å². The lowest BCUT2D eigenvalue weighted by Crippen LogP contribution is -2.45. The maximum atomic E-state index is 5.31. The van der Waals surface area contributed by atoms with Crippen LogP contribution in [0.25, 0.3) is 0 Å². The van der Waals surface area contributed by atoms with Gasteiger partial charge >= 0.3 is 0 Å². The Kier molecular flexibility index (Phi) is 2.28. The second-order valence-electron chi connectivity index (χ2n) is 1.72.